The zero-order valence-electron chi connectivity index (χ0n) is 10.6. The molecular formula is C15H22O. The van der Waals surface area contributed by atoms with E-state index in [0.717, 1.165) is 12.0 Å². The van der Waals surface area contributed by atoms with Gasteiger partial charge in [-0.2, -0.15) is 0 Å². The van der Waals surface area contributed by atoms with Gasteiger partial charge in [-0.15, -0.1) is 0 Å². The van der Waals surface area contributed by atoms with Gasteiger partial charge in [-0.1, -0.05) is 39.0 Å². The number of benzene rings is 1. The first-order valence-electron chi connectivity index (χ1n) is 6.34. The fraction of sp³-hybridized carbons (Fsp3) is 0.600. The van der Waals surface area contributed by atoms with Crippen LogP contribution in [0.15, 0.2) is 18.2 Å². The van der Waals surface area contributed by atoms with Crippen molar-refractivity contribution < 1.29 is 5.11 Å². The Labute approximate surface area is 98.5 Å². The molecule has 0 fully saturated rings. The summed E-state index contributed by atoms with van der Waals surface area (Å²) in [7, 11) is 0. The number of aliphatic hydroxyl groups is 1. The summed E-state index contributed by atoms with van der Waals surface area (Å²) in [6.07, 6.45) is 4.31. The molecule has 0 amide bonds. The normalized spacial score (nSPS) is 17.2. The molecule has 0 heterocycles. The summed E-state index contributed by atoms with van der Waals surface area (Å²) in [6.45, 7) is 6.40. The van der Waals surface area contributed by atoms with Crippen LogP contribution in [0.5, 0.6) is 0 Å². The fourth-order valence-electron chi connectivity index (χ4n) is 2.41. The highest BCUT2D eigenvalue weighted by molar-refractivity contribution is 5.36. The van der Waals surface area contributed by atoms with Gasteiger partial charge in [0.15, 0.2) is 0 Å². The second-order valence-electron chi connectivity index (χ2n) is 5.63. The monoisotopic (exact) mass is 218 g/mol. The summed E-state index contributed by atoms with van der Waals surface area (Å²) in [6, 6.07) is 6.52. The molecule has 0 aliphatic heterocycles. The predicted octanol–water partition coefficient (Wildman–Crippen LogP) is 3.64. The molecule has 88 valence electrons. The van der Waals surface area contributed by atoms with Crippen LogP contribution in [0.2, 0.25) is 0 Å². The second-order valence-corrected chi connectivity index (χ2v) is 5.63. The number of aliphatic hydroxyl groups excluding tert-OH is 1. The first-order chi connectivity index (χ1) is 7.54. The molecule has 1 aliphatic carbocycles. The summed E-state index contributed by atoms with van der Waals surface area (Å²) in [5.41, 5.74) is 3.98. The van der Waals surface area contributed by atoms with Crippen molar-refractivity contribution in [3.05, 3.63) is 34.9 Å². The molecule has 1 heteroatoms. The molecular weight excluding hydrogens is 196 g/mol. The molecule has 1 atom stereocenters. The molecule has 1 unspecified atom stereocenters. The Morgan fingerprint density at radius 2 is 1.94 bits per heavy atom. The van der Waals surface area contributed by atoms with Crippen LogP contribution in [0.25, 0.3) is 0 Å². The number of hydrogen-bond donors (Lipinski definition) is 1. The van der Waals surface area contributed by atoms with Crippen molar-refractivity contribution >= 4 is 0 Å². The average Bonchev–Trinajstić information content (AvgIpc) is 2.74. The number of rotatable bonds is 3. The summed E-state index contributed by atoms with van der Waals surface area (Å²) in [5, 5.41) is 10.4. The van der Waals surface area contributed by atoms with E-state index in [1.807, 2.05) is 0 Å². The van der Waals surface area contributed by atoms with Crippen molar-refractivity contribution in [3.8, 4) is 0 Å². The van der Waals surface area contributed by atoms with Crippen molar-refractivity contribution in [2.24, 2.45) is 5.41 Å². The van der Waals surface area contributed by atoms with Crippen LogP contribution in [-0.2, 0) is 12.8 Å². The van der Waals surface area contributed by atoms with E-state index in [1.54, 1.807) is 0 Å². The summed E-state index contributed by atoms with van der Waals surface area (Å²) in [4.78, 5) is 0. The minimum atomic E-state index is -0.344. The lowest BCUT2D eigenvalue weighted by molar-refractivity contribution is 0.0465. The first kappa shape index (κ1) is 11.7. The van der Waals surface area contributed by atoms with Gasteiger partial charge in [0.2, 0.25) is 0 Å². The molecule has 1 nitrogen and oxygen atoms in total. The number of hydrogen-bond acceptors (Lipinski definition) is 1. The van der Waals surface area contributed by atoms with E-state index >= 15 is 0 Å². The molecule has 1 aliphatic rings. The number of fused-ring (bicyclic) bond motifs is 1. The van der Waals surface area contributed by atoms with E-state index in [-0.39, 0.29) is 11.5 Å². The topological polar surface area (TPSA) is 20.2 Å². The molecule has 0 radical (unpaired) electrons. The van der Waals surface area contributed by atoms with Gasteiger partial charge in [0.1, 0.15) is 0 Å². The Morgan fingerprint density at radius 1 is 1.25 bits per heavy atom. The van der Waals surface area contributed by atoms with Crippen molar-refractivity contribution in [2.45, 2.75) is 52.6 Å². The maximum atomic E-state index is 10.4. The molecule has 0 spiro atoms. The molecule has 0 saturated carbocycles. The molecule has 2 rings (SSSR count). The molecule has 1 N–H and O–H groups in total. The maximum absolute atomic E-state index is 10.4. The molecule has 1 aromatic rings. The largest absolute Gasteiger partial charge is 0.388 e. The van der Waals surface area contributed by atoms with Crippen LogP contribution < -0.4 is 0 Å². The van der Waals surface area contributed by atoms with Crippen molar-refractivity contribution in [2.75, 3.05) is 0 Å². The Bertz CT molecular complexity index is 379. The van der Waals surface area contributed by atoms with E-state index in [1.165, 1.54) is 30.4 Å². The van der Waals surface area contributed by atoms with Crippen LogP contribution in [0.1, 0.15) is 56.4 Å². The molecule has 0 saturated heterocycles. The lowest BCUT2D eigenvalue weighted by atomic mass is 9.80. The number of aryl methyl sites for hydroxylation is 2. The summed E-state index contributed by atoms with van der Waals surface area (Å²) in [5.74, 6) is 0. The fourth-order valence-corrected chi connectivity index (χ4v) is 2.41. The van der Waals surface area contributed by atoms with E-state index in [9.17, 15) is 5.11 Å². The third kappa shape index (κ3) is 2.01. The third-order valence-corrected chi connectivity index (χ3v) is 4.09. The Kier molecular flexibility index (Phi) is 3.07. The van der Waals surface area contributed by atoms with Gasteiger partial charge in [-0.05, 0) is 47.8 Å². The quantitative estimate of drug-likeness (QED) is 0.821. The van der Waals surface area contributed by atoms with E-state index in [4.69, 9.17) is 0 Å². The third-order valence-electron chi connectivity index (χ3n) is 4.09. The zero-order valence-corrected chi connectivity index (χ0v) is 10.6. The van der Waals surface area contributed by atoms with Crippen LogP contribution in [0.4, 0.5) is 0 Å². The van der Waals surface area contributed by atoms with Gasteiger partial charge >= 0.3 is 0 Å². The molecule has 0 aromatic heterocycles. The first-order valence-corrected chi connectivity index (χ1v) is 6.34. The smallest absolute Gasteiger partial charge is 0.0840 e. The van der Waals surface area contributed by atoms with E-state index in [0.29, 0.717) is 0 Å². The molecule has 1 aromatic carbocycles. The minimum absolute atomic E-state index is 0.0349. The van der Waals surface area contributed by atoms with Crippen molar-refractivity contribution in [1.82, 2.24) is 0 Å². The van der Waals surface area contributed by atoms with E-state index in [2.05, 4.69) is 39.0 Å². The molecule has 0 bridgehead atoms. The van der Waals surface area contributed by atoms with Crippen LogP contribution in [-0.4, -0.2) is 5.11 Å². The van der Waals surface area contributed by atoms with Crippen LogP contribution in [0.3, 0.4) is 0 Å². The van der Waals surface area contributed by atoms with E-state index < -0.39 is 0 Å². The maximum Gasteiger partial charge on any atom is 0.0840 e. The SMILES string of the molecule is CCC(C)(C)C(O)c1ccc2c(c1)CCC2. The Hall–Kier alpha value is -0.820. The van der Waals surface area contributed by atoms with Crippen molar-refractivity contribution in [3.63, 3.8) is 0 Å². The van der Waals surface area contributed by atoms with Gasteiger partial charge in [0.25, 0.3) is 0 Å². The predicted molar refractivity (Wildman–Crippen MR) is 67.5 cm³/mol. The van der Waals surface area contributed by atoms with Crippen LogP contribution in [0, 0.1) is 5.41 Å². The minimum Gasteiger partial charge on any atom is -0.388 e. The van der Waals surface area contributed by atoms with Gasteiger partial charge in [-0.25, -0.2) is 0 Å². The lowest BCUT2D eigenvalue weighted by Crippen LogP contribution is -2.21. The lowest BCUT2D eigenvalue weighted by Gasteiger charge is -2.29. The Morgan fingerprint density at radius 3 is 2.62 bits per heavy atom. The highest BCUT2D eigenvalue weighted by Gasteiger charge is 2.27. The zero-order chi connectivity index (χ0) is 11.8. The van der Waals surface area contributed by atoms with Crippen molar-refractivity contribution in [1.29, 1.82) is 0 Å². The van der Waals surface area contributed by atoms with Gasteiger partial charge in [0.05, 0.1) is 6.10 Å². The second kappa shape index (κ2) is 4.21. The highest BCUT2D eigenvalue weighted by Crippen LogP contribution is 2.37. The average molecular weight is 218 g/mol. The molecule has 16 heavy (non-hydrogen) atoms. The van der Waals surface area contributed by atoms with Crippen LogP contribution >= 0.6 is 0 Å². The standard InChI is InChI=1S/C15H22O/c1-4-15(2,3)14(16)13-9-8-11-6-5-7-12(11)10-13/h8-10,14,16H,4-7H2,1-3H3. The highest BCUT2D eigenvalue weighted by atomic mass is 16.3. The Balaban J connectivity index is 2.28. The van der Waals surface area contributed by atoms with Gasteiger partial charge in [0, 0.05) is 0 Å². The van der Waals surface area contributed by atoms with Gasteiger partial charge < -0.3 is 5.11 Å². The summed E-state index contributed by atoms with van der Waals surface area (Å²) < 4.78 is 0. The summed E-state index contributed by atoms with van der Waals surface area (Å²) >= 11 is 0. The van der Waals surface area contributed by atoms with Gasteiger partial charge in [-0.3, -0.25) is 0 Å².